The Labute approximate surface area is 132 Å². The first-order valence-corrected chi connectivity index (χ1v) is 6.79. The van der Waals surface area contributed by atoms with Gasteiger partial charge in [-0.1, -0.05) is 26.0 Å². The lowest BCUT2D eigenvalue weighted by Crippen LogP contribution is -2.42. The fraction of sp³-hybridized carbons (Fsp3) is 0.533. The third-order valence-electron chi connectivity index (χ3n) is 3.03. The number of hydrogen-bond donors (Lipinski definition) is 3. The topological polar surface area (TPSA) is 84.6 Å². The van der Waals surface area contributed by atoms with Crippen molar-refractivity contribution < 1.29 is 14.6 Å². The maximum Gasteiger partial charge on any atom is 0.237 e. The molecule has 0 aromatic heterocycles. The number of carbonyl (C=O) groups excluding carboxylic acids is 1. The van der Waals surface area contributed by atoms with Crippen LogP contribution in [0.25, 0.3) is 0 Å². The highest BCUT2D eigenvalue weighted by molar-refractivity contribution is 5.85. The first kappa shape index (κ1) is 19.7. The summed E-state index contributed by atoms with van der Waals surface area (Å²) in [5, 5.41) is 12.7. The highest BCUT2D eigenvalue weighted by Crippen LogP contribution is 2.17. The molecule has 1 aromatic rings. The highest BCUT2D eigenvalue weighted by Gasteiger charge is 2.16. The van der Waals surface area contributed by atoms with E-state index in [1.165, 1.54) is 0 Å². The minimum Gasteiger partial charge on any atom is -0.497 e. The molecular weight excluding hydrogens is 292 g/mol. The van der Waals surface area contributed by atoms with Gasteiger partial charge >= 0.3 is 0 Å². The van der Waals surface area contributed by atoms with E-state index in [1.807, 2.05) is 13.8 Å². The fourth-order valence-corrected chi connectivity index (χ4v) is 1.89. The fourth-order valence-electron chi connectivity index (χ4n) is 1.89. The Morgan fingerprint density at radius 2 is 1.90 bits per heavy atom. The van der Waals surface area contributed by atoms with Crippen molar-refractivity contribution in [3.05, 3.63) is 29.8 Å². The molecule has 120 valence electrons. The van der Waals surface area contributed by atoms with Crippen LogP contribution in [0, 0.1) is 5.92 Å². The van der Waals surface area contributed by atoms with Crippen molar-refractivity contribution in [3.8, 4) is 5.75 Å². The van der Waals surface area contributed by atoms with Gasteiger partial charge in [0.25, 0.3) is 0 Å². The molecule has 1 aromatic carbocycles. The molecule has 1 unspecified atom stereocenters. The molecule has 0 aliphatic rings. The second-order valence-corrected chi connectivity index (χ2v) is 5.27. The molecule has 0 heterocycles. The van der Waals surface area contributed by atoms with Gasteiger partial charge < -0.3 is 20.9 Å². The normalized spacial score (nSPS) is 13.2. The maximum absolute atomic E-state index is 11.7. The van der Waals surface area contributed by atoms with E-state index in [1.54, 1.807) is 31.4 Å². The smallest absolute Gasteiger partial charge is 0.237 e. The number of nitrogens with one attached hydrogen (secondary N) is 1. The minimum atomic E-state index is -0.754. The largest absolute Gasteiger partial charge is 0.497 e. The summed E-state index contributed by atoms with van der Waals surface area (Å²) in [4.78, 5) is 11.7. The molecule has 5 nitrogen and oxygen atoms in total. The summed E-state index contributed by atoms with van der Waals surface area (Å²) in [6.45, 7) is 4.18. The van der Waals surface area contributed by atoms with Crippen molar-refractivity contribution in [2.24, 2.45) is 11.7 Å². The summed E-state index contributed by atoms with van der Waals surface area (Å²) in [5.74, 6) is 0.859. The standard InChI is InChI=1S/C15H24N2O3.ClH/c1-10(2)8-13(16)15(19)17-9-14(18)11-4-6-12(20-3)7-5-11;/h4-7,10,13-14,18H,8-9,16H2,1-3H3,(H,17,19);1H/t13-,14?;/m0./s1. The van der Waals surface area contributed by atoms with Crippen LogP contribution in [0.2, 0.25) is 0 Å². The molecule has 1 rings (SSSR count). The van der Waals surface area contributed by atoms with Gasteiger partial charge in [0.15, 0.2) is 0 Å². The van der Waals surface area contributed by atoms with Crippen LogP contribution in [0.4, 0.5) is 0 Å². The van der Waals surface area contributed by atoms with Crippen LogP contribution in [0.5, 0.6) is 5.75 Å². The van der Waals surface area contributed by atoms with Crippen LogP contribution in [0.1, 0.15) is 31.9 Å². The van der Waals surface area contributed by atoms with E-state index in [-0.39, 0.29) is 24.9 Å². The SMILES string of the molecule is COc1ccc(C(O)CNC(=O)[C@@H](N)CC(C)C)cc1.Cl. The highest BCUT2D eigenvalue weighted by atomic mass is 35.5. The van der Waals surface area contributed by atoms with Crippen molar-refractivity contribution in [3.63, 3.8) is 0 Å². The zero-order valence-corrected chi connectivity index (χ0v) is 13.5. The van der Waals surface area contributed by atoms with Crippen LogP contribution in [-0.4, -0.2) is 30.7 Å². The first-order valence-electron chi connectivity index (χ1n) is 6.79. The number of methoxy groups -OCH3 is 1. The molecule has 0 saturated carbocycles. The van der Waals surface area contributed by atoms with Crippen molar-refractivity contribution in [1.29, 1.82) is 0 Å². The van der Waals surface area contributed by atoms with Gasteiger partial charge in [0, 0.05) is 6.54 Å². The summed E-state index contributed by atoms with van der Waals surface area (Å²) in [7, 11) is 1.59. The van der Waals surface area contributed by atoms with Crippen molar-refractivity contribution in [2.45, 2.75) is 32.4 Å². The van der Waals surface area contributed by atoms with E-state index in [0.717, 1.165) is 11.3 Å². The first-order chi connectivity index (χ1) is 9.43. The van der Waals surface area contributed by atoms with Crippen LogP contribution in [-0.2, 0) is 4.79 Å². The summed E-state index contributed by atoms with van der Waals surface area (Å²) in [6.07, 6.45) is -0.124. The zero-order valence-electron chi connectivity index (χ0n) is 12.7. The Bertz CT molecular complexity index is 423. The van der Waals surface area contributed by atoms with Gasteiger partial charge in [-0.25, -0.2) is 0 Å². The van der Waals surface area contributed by atoms with E-state index in [9.17, 15) is 9.90 Å². The number of ether oxygens (including phenoxy) is 1. The predicted molar refractivity (Wildman–Crippen MR) is 85.6 cm³/mol. The van der Waals surface area contributed by atoms with E-state index in [0.29, 0.717) is 12.3 Å². The molecule has 21 heavy (non-hydrogen) atoms. The number of aliphatic hydroxyl groups excluding tert-OH is 1. The van der Waals surface area contributed by atoms with Crippen LogP contribution < -0.4 is 15.8 Å². The number of amides is 1. The van der Waals surface area contributed by atoms with Gasteiger partial charge in [0.05, 0.1) is 19.3 Å². The predicted octanol–water partition coefficient (Wildman–Crippen LogP) is 1.64. The molecule has 2 atom stereocenters. The second kappa shape index (κ2) is 9.60. The number of aliphatic hydroxyl groups is 1. The lowest BCUT2D eigenvalue weighted by Gasteiger charge is -2.17. The second-order valence-electron chi connectivity index (χ2n) is 5.27. The number of carbonyl (C=O) groups is 1. The van der Waals surface area contributed by atoms with E-state index in [4.69, 9.17) is 10.5 Å². The summed E-state index contributed by atoms with van der Waals surface area (Å²) in [5.41, 5.74) is 6.50. The van der Waals surface area contributed by atoms with E-state index >= 15 is 0 Å². The lowest BCUT2D eigenvalue weighted by molar-refractivity contribution is -0.123. The molecule has 6 heteroatoms. The molecule has 0 bridgehead atoms. The van der Waals surface area contributed by atoms with Gasteiger partial charge in [0.1, 0.15) is 5.75 Å². The molecular formula is C15H25ClN2O3. The molecule has 4 N–H and O–H groups in total. The Balaban J connectivity index is 0.00000400. The number of halogens is 1. The van der Waals surface area contributed by atoms with Crippen LogP contribution >= 0.6 is 12.4 Å². The molecule has 0 radical (unpaired) electrons. The third kappa shape index (κ3) is 6.80. The number of rotatable bonds is 7. The van der Waals surface area contributed by atoms with Crippen molar-refractivity contribution in [1.82, 2.24) is 5.32 Å². The quantitative estimate of drug-likeness (QED) is 0.714. The zero-order chi connectivity index (χ0) is 15.1. The summed E-state index contributed by atoms with van der Waals surface area (Å²) in [6, 6.07) is 6.54. The van der Waals surface area contributed by atoms with Gasteiger partial charge in [-0.15, -0.1) is 12.4 Å². The van der Waals surface area contributed by atoms with E-state index < -0.39 is 12.1 Å². The van der Waals surface area contributed by atoms with Gasteiger partial charge in [-0.05, 0) is 30.0 Å². The molecule has 0 aliphatic carbocycles. The number of benzene rings is 1. The van der Waals surface area contributed by atoms with Gasteiger partial charge in [-0.3, -0.25) is 4.79 Å². The Kier molecular flexibility index (Phi) is 9.01. The maximum atomic E-state index is 11.7. The molecule has 1 amide bonds. The average molecular weight is 317 g/mol. The van der Waals surface area contributed by atoms with Crippen molar-refractivity contribution in [2.75, 3.05) is 13.7 Å². The lowest BCUT2D eigenvalue weighted by atomic mass is 10.0. The number of hydrogen-bond acceptors (Lipinski definition) is 4. The monoisotopic (exact) mass is 316 g/mol. The van der Waals surface area contributed by atoms with E-state index in [2.05, 4.69) is 5.32 Å². The van der Waals surface area contributed by atoms with Crippen LogP contribution in [0.3, 0.4) is 0 Å². The van der Waals surface area contributed by atoms with Gasteiger partial charge in [-0.2, -0.15) is 0 Å². The molecule has 0 saturated heterocycles. The van der Waals surface area contributed by atoms with Crippen LogP contribution in [0.15, 0.2) is 24.3 Å². The Morgan fingerprint density at radius 3 is 2.38 bits per heavy atom. The molecule has 0 fully saturated rings. The van der Waals surface area contributed by atoms with Gasteiger partial charge in [0.2, 0.25) is 5.91 Å². The summed E-state index contributed by atoms with van der Waals surface area (Å²) >= 11 is 0. The Hall–Kier alpha value is -1.30. The minimum absolute atomic E-state index is 0. The average Bonchev–Trinajstić information content (AvgIpc) is 2.43. The Morgan fingerprint density at radius 1 is 1.33 bits per heavy atom. The third-order valence-corrected chi connectivity index (χ3v) is 3.03. The van der Waals surface area contributed by atoms with Crippen molar-refractivity contribution >= 4 is 18.3 Å². The molecule has 0 aliphatic heterocycles. The number of nitrogens with two attached hydrogens (primary N) is 1. The summed E-state index contributed by atoms with van der Waals surface area (Å²) < 4.78 is 5.05. The molecule has 0 spiro atoms.